The minimum Gasteiger partial charge on any atom is -0.381 e. The number of hydrogen-bond acceptors (Lipinski definition) is 2. The van der Waals surface area contributed by atoms with E-state index in [1.807, 2.05) is 12.1 Å². The second-order valence-corrected chi connectivity index (χ2v) is 5.78. The lowest BCUT2D eigenvalue weighted by atomic mass is 9.98. The van der Waals surface area contributed by atoms with Gasteiger partial charge >= 0.3 is 0 Å². The van der Waals surface area contributed by atoms with E-state index in [9.17, 15) is 4.79 Å². The lowest BCUT2D eigenvalue weighted by Crippen LogP contribution is -2.24. The third-order valence-electron chi connectivity index (χ3n) is 3.92. The Balaban J connectivity index is 1.94. The van der Waals surface area contributed by atoms with Crippen LogP contribution in [0.5, 0.6) is 0 Å². The SMILES string of the molecule is CCCCCCC(=O)Nc1cccc2c1NC(C)CC2. The van der Waals surface area contributed by atoms with E-state index in [1.165, 1.54) is 18.4 Å². The Morgan fingerprint density at radius 2 is 2.20 bits per heavy atom. The number of aryl methyl sites for hydroxylation is 1. The van der Waals surface area contributed by atoms with Gasteiger partial charge in [-0.15, -0.1) is 0 Å². The van der Waals surface area contributed by atoms with Gasteiger partial charge in [-0.1, -0.05) is 38.3 Å². The van der Waals surface area contributed by atoms with Crippen LogP contribution in [0.3, 0.4) is 0 Å². The number of unbranched alkanes of at least 4 members (excludes halogenated alkanes) is 3. The molecule has 1 amide bonds. The van der Waals surface area contributed by atoms with Crippen LogP contribution in [0, 0.1) is 0 Å². The molecular weight excluding hydrogens is 248 g/mol. The first-order valence-electron chi connectivity index (χ1n) is 7.89. The summed E-state index contributed by atoms with van der Waals surface area (Å²) >= 11 is 0. The van der Waals surface area contributed by atoms with E-state index in [0.717, 1.165) is 37.1 Å². The van der Waals surface area contributed by atoms with E-state index in [2.05, 4.69) is 30.5 Å². The Morgan fingerprint density at radius 3 is 3.00 bits per heavy atom. The van der Waals surface area contributed by atoms with Crippen molar-refractivity contribution in [2.45, 2.75) is 64.8 Å². The number of rotatable bonds is 6. The van der Waals surface area contributed by atoms with Crippen LogP contribution in [0.2, 0.25) is 0 Å². The number of hydrogen-bond donors (Lipinski definition) is 2. The molecule has 1 aliphatic heterocycles. The monoisotopic (exact) mass is 274 g/mol. The molecule has 0 radical (unpaired) electrons. The van der Waals surface area contributed by atoms with Crippen molar-refractivity contribution in [3.63, 3.8) is 0 Å². The number of nitrogens with one attached hydrogen (secondary N) is 2. The van der Waals surface area contributed by atoms with Crippen LogP contribution >= 0.6 is 0 Å². The van der Waals surface area contributed by atoms with Crippen LogP contribution in [-0.4, -0.2) is 11.9 Å². The molecule has 1 unspecified atom stereocenters. The van der Waals surface area contributed by atoms with E-state index in [-0.39, 0.29) is 5.91 Å². The van der Waals surface area contributed by atoms with E-state index in [0.29, 0.717) is 12.5 Å². The number of carbonyl (C=O) groups excluding carboxylic acids is 1. The summed E-state index contributed by atoms with van der Waals surface area (Å²) in [7, 11) is 0. The van der Waals surface area contributed by atoms with Gasteiger partial charge in [-0.25, -0.2) is 0 Å². The Bertz CT molecular complexity index is 456. The molecule has 0 saturated heterocycles. The van der Waals surface area contributed by atoms with E-state index < -0.39 is 0 Å². The van der Waals surface area contributed by atoms with Crippen molar-refractivity contribution in [2.24, 2.45) is 0 Å². The molecule has 2 rings (SSSR count). The first kappa shape index (κ1) is 14.9. The molecule has 1 aliphatic rings. The summed E-state index contributed by atoms with van der Waals surface area (Å²) < 4.78 is 0. The van der Waals surface area contributed by atoms with Crippen molar-refractivity contribution in [1.29, 1.82) is 0 Å². The fourth-order valence-electron chi connectivity index (χ4n) is 2.70. The Kier molecular flexibility index (Phi) is 5.45. The maximum atomic E-state index is 12.0. The minimum atomic E-state index is 0.134. The van der Waals surface area contributed by atoms with Gasteiger partial charge in [-0.05, 0) is 37.8 Å². The third kappa shape index (κ3) is 3.99. The molecule has 20 heavy (non-hydrogen) atoms. The zero-order chi connectivity index (χ0) is 14.4. The molecule has 110 valence electrons. The summed E-state index contributed by atoms with van der Waals surface area (Å²) in [6.45, 7) is 4.37. The van der Waals surface area contributed by atoms with E-state index in [1.54, 1.807) is 0 Å². The van der Waals surface area contributed by atoms with Gasteiger partial charge in [0.2, 0.25) is 5.91 Å². The lowest BCUT2D eigenvalue weighted by Gasteiger charge is -2.26. The molecule has 3 heteroatoms. The molecule has 1 aromatic rings. The molecule has 0 saturated carbocycles. The van der Waals surface area contributed by atoms with Crippen LogP contribution in [0.4, 0.5) is 11.4 Å². The van der Waals surface area contributed by atoms with E-state index in [4.69, 9.17) is 0 Å². The lowest BCUT2D eigenvalue weighted by molar-refractivity contribution is -0.116. The van der Waals surface area contributed by atoms with Gasteiger partial charge in [0.05, 0.1) is 11.4 Å². The second kappa shape index (κ2) is 7.32. The van der Waals surface area contributed by atoms with Crippen LogP contribution in [0.25, 0.3) is 0 Å². The topological polar surface area (TPSA) is 41.1 Å². The Labute approximate surface area is 122 Å². The van der Waals surface area contributed by atoms with E-state index >= 15 is 0 Å². The summed E-state index contributed by atoms with van der Waals surface area (Å²) in [5.41, 5.74) is 3.37. The number of para-hydroxylation sites is 1. The maximum absolute atomic E-state index is 12.0. The normalized spacial score (nSPS) is 17.2. The predicted octanol–water partition coefficient (Wildman–Crippen LogP) is 4.34. The van der Waals surface area contributed by atoms with Crippen molar-refractivity contribution in [2.75, 3.05) is 10.6 Å². The number of amides is 1. The van der Waals surface area contributed by atoms with Crippen molar-refractivity contribution in [1.82, 2.24) is 0 Å². The highest BCUT2D eigenvalue weighted by Crippen LogP contribution is 2.32. The maximum Gasteiger partial charge on any atom is 0.224 e. The van der Waals surface area contributed by atoms with Crippen LogP contribution in [-0.2, 0) is 11.2 Å². The van der Waals surface area contributed by atoms with Gasteiger partial charge in [0.15, 0.2) is 0 Å². The highest BCUT2D eigenvalue weighted by atomic mass is 16.1. The summed E-state index contributed by atoms with van der Waals surface area (Å²) in [5, 5.41) is 6.56. The molecule has 0 fully saturated rings. The second-order valence-electron chi connectivity index (χ2n) is 5.78. The zero-order valence-electron chi connectivity index (χ0n) is 12.7. The van der Waals surface area contributed by atoms with Gasteiger partial charge in [-0.2, -0.15) is 0 Å². The molecule has 0 aromatic heterocycles. The fourth-order valence-corrected chi connectivity index (χ4v) is 2.70. The van der Waals surface area contributed by atoms with Gasteiger partial charge in [-0.3, -0.25) is 4.79 Å². The van der Waals surface area contributed by atoms with Crippen LogP contribution in [0.15, 0.2) is 18.2 Å². The predicted molar refractivity (Wildman–Crippen MR) is 85.2 cm³/mol. The van der Waals surface area contributed by atoms with Crippen LogP contribution < -0.4 is 10.6 Å². The van der Waals surface area contributed by atoms with Gasteiger partial charge < -0.3 is 10.6 Å². The van der Waals surface area contributed by atoms with Crippen LogP contribution in [0.1, 0.15) is 57.9 Å². The highest BCUT2D eigenvalue weighted by Gasteiger charge is 2.17. The quantitative estimate of drug-likeness (QED) is 0.757. The van der Waals surface area contributed by atoms with Crippen molar-refractivity contribution in [3.05, 3.63) is 23.8 Å². The number of benzene rings is 1. The van der Waals surface area contributed by atoms with Gasteiger partial charge in [0.25, 0.3) is 0 Å². The molecule has 3 nitrogen and oxygen atoms in total. The first-order chi connectivity index (χ1) is 9.70. The van der Waals surface area contributed by atoms with Crippen molar-refractivity contribution >= 4 is 17.3 Å². The Morgan fingerprint density at radius 1 is 1.35 bits per heavy atom. The summed E-state index contributed by atoms with van der Waals surface area (Å²) in [6.07, 6.45) is 7.41. The zero-order valence-corrected chi connectivity index (χ0v) is 12.7. The fraction of sp³-hybridized carbons (Fsp3) is 0.588. The molecule has 0 spiro atoms. The minimum absolute atomic E-state index is 0.134. The number of fused-ring (bicyclic) bond motifs is 1. The average molecular weight is 274 g/mol. The Hall–Kier alpha value is -1.51. The van der Waals surface area contributed by atoms with Gasteiger partial charge in [0, 0.05) is 12.5 Å². The summed E-state index contributed by atoms with van der Waals surface area (Å²) in [4.78, 5) is 12.0. The molecule has 0 aliphatic carbocycles. The molecular formula is C17H26N2O. The first-order valence-corrected chi connectivity index (χ1v) is 7.89. The average Bonchev–Trinajstić information content (AvgIpc) is 2.44. The smallest absolute Gasteiger partial charge is 0.224 e. The molecule has 0 bridgehead atoms. The summed E-state index contributed by atoms with van der Waals surface area (Å²) in [5.74, 6) is 0.134. The number of anilines is 2. The molecule has 2 N–H and O–H groups in total. The molecule has 1 aromatic carbocycles. The largest absolute Gasteiger partial charge is 0.381 e. The molecule has 1 heterocycles. The molecule has 1 atom stereocenters. The number of carbonyl (C=O) groups is 1. The summed E-state index contributed by atoms with van der Waals surface area (Å²) in [6, 6.07) is 6.65. The van der Waals surface area contributed by atoms with Gasteiger partial charge in [0.1, 0.15) is 0 Å². The van der Waals surface area contributed by atoms with Crippen molar-refractivity contribution < 1.29 is 4.79 Å². The standard InChI is InChI=1S/C17H26N2O/c1-3-4-5-6-10-16(20)19-15-9-7-8-14-12-11-13(2)18-17(14)15/h7-9,13,18H,3-6,10-12H2,1-2H3,(H,19,20). The third-order valence-corrected chi connectivity index (χ3v) is 3.92. The van der Waals surface area contributed by atoms with Crippen molar-refractivity contribution in [3.8, 4) is 0 Å². The highest BCUT2D eigenvalue weighted by molar-refractivity contribution is 5.95.